The van der Waals surface area contributed by atoms with Crippen LogP contribution < -0.4 is 5.32 Å². The summed E-state index contributed by atoms with van der Waals surface area (Å²) in [6.07, 6.45) is 13.6. The summed E-state index contributed by atoms with van der Waals surface area (Å²) < 4.78 is 7.28. The van der Waals surface area contributed by atoms with Crippen LogP contribution in [0.5, 0.6) is 0 Å². The maximum atomic E-state index is 12.7. The summed E-state index contributed by atoms with van der Waals surface area (Å²) in [6.45, 7) is 12.5. The molecule has 2 heterocycles. The minimum Gasteiger partial charge on any atom is -0.369 e. The Morgan fingerprint density at radius 2 is 1.93 bits per heavy atom. The summed E-state index contributed by atoms with van der Waals surface area (Å²) in [5.74, 6) is 3.72. The van der Waals surface area contributed by atoms with Crippen LogP contribution in [0.3, 0.4) is 0 Å². The summed E-state index contributed by atoms with van der Waals surface area (Å²) in [4.78, 5) is 27.6. The number of aryl methyl sites for hydroxylation is 1. The smallest absolute Gasteiger partial charge is 0.220 e. The molecule has 44 heavy (non-hydrogen) atoms. The van der Waals surface area contributed by atoms with E-state index in [1.165, 1.54) is 30.4 Å². The molecule has 7 rings (SSSR count). The van der Waals surface area contributed by atoms with Gasteiger partial charge < -0.3 is 10.1 Å². The van der Waals surface area contributed by atoms with Crippen molar-refractivity contribution in [2.24, 2.45) is 35.0 Å². The van der Waals surface area contributed by atoms with Crippen LogP contribution in [-0.2, 0) is 20.7 Å². The van der Waals surface area contributed by atoms with Crippen LogP contribution >= 0.6 is 0 Å². The van der Waals surface area contributed by atoms with Gasteiger partial charge in [-0.25, -0.2) is 0 Å². The number of hydrogen-bond donors (Lipinski definition) is 1. The molecule has 2 saturated carbocycles. The third-order valence-corrected chi connectivity index (χ3v) is 13.4. The lowest BCUT2D eigenvalue weighted by molar-refractivity contribution is -0.121. The van der Waals surface area contributed by atoms with Crippen molar-refractivity contribution in [2.45, 2.75) is 116 Å². The fourth-order valence-electron chi connectivity index (χ4n) is 11.1. The predicted octanol–water partition coefficient (Wildman–Crippen LogP) is 7.06. The fraction of sp³-hybridized carbons (Fsp3) is 0.692. The van der Waals surface area contributed by atoms with Gasteiger partial charge in [-0.2, -0.15) is 0 Å². The summed E-state index contributed by atoms with van der Waals surface area (Å²) in [6, 6.07) is 10.7. The van der Waals surface area contributed by atoms with Crippen molar-refractivity contribution in [1.29, 1.82) is 0 Å². The Kier molecular flexibility index (Phi) is 8.19. The number of ether oxygens (including phenoxy) is 1. The van der Waals surface area contributed by atoms with E-state index in [1.54, 1.807) is 11.1 Å². The Balaban J connectivity index is 1.02. The van der Waals surface area contributed by atoms with E-state index in [0.29, 0.717) is 48.5 Å². The number of allylic oxidation sites excluding steroid dienone is 3. The van der Waals surface area contributed by atoms with Crippen molar-refractivity contribution in [3.8, 4) is 0 Å². The molecule has 9 unspecified atom stereocenters. The van der Waals surface area contributed by atoms with E-state index in [4.69, 9.17) is 4.74 Å². The second-order valence-corrected chi connectivity index (χ2v) is 15.9. The summed E-state index contributed by atoms with van der Waals surface area (Å²) >= 11 is 0. The topological polar surface area (TPSA) is 58.6 Å². The molecule has 5 heteroatoms. The quantitative estimate of drug-likeness (QED) is 0.356. The van der Waals surface area contributed by atoms with Gasteiger partial charge in [-0.3, -0.25) is 14.5 Å². The van der Waals surface area contributed by atoms with Gasteiger partial charge in [0.2, 0.25) is 5.91 Å². The Hall–Kier alpha value is -2.24. The lowest BCUT2D eigenvalue weighted by Crippen LogP contribution is -2.53. The van der Waals surface area contributed by atoms with E-state index < -0.39 is 0 Å². The van der Waals surface area contributed by atoms with Gasteiger partial charge >= 0.3 is 0 Å². The molecule has 238 valence electrons. The number of hydrogen-bond acceptors (Lipinski definition) is 4. The molecule has 1 N–H and O–H groups in total. The maximum Gasteiger partial charge on any atom is 0.220 e. The molecular formula is C39H54N2O3. The minimum atomic E-state index is -0.0750. The summed E-state index contributed by atoms with van der Waals surface area (Å²) in [7, 11) is 0. The van der Waals surface area contributed by atoms with Crippen molar-refractivity contribution in [3.63, 3.8) is 0 Å². The van der Waals surface area contributed by atoms with E-state index >= 15 is 0 Å². The van der Waals surface area contributed by atoms with Gasteiger partial charge in [0.1, 0.15) is 0 Å². The zero-order valence-corrected chi connectivity index (χ0v) is 27.6. The minimum absolute atomic E-state index is 0.0750. The van der Waals surface area contributed by atoms with Crippen molar-refractivity contribution in [1.82, 2.24) is 10.2 Å². The first-order valence-corrected chi connectivity index (χ1v) is 17.8. The highest BCUT2D eigenvalue weighted by Crippen LogP contribution is 2.64. The first-order chi connectivity index (χ1) is 21.2. The van der Waals surface area contributed by atoms with Crippen LogP contribution in [0.4, 0.5) is 0 Å². The zero-order valence-electron chi connectivity index (χ0n) is 27.6. The Bertz CT molecular complexity index is 1330. The number of piperidine rings is 1. The molecule has 4 aliphatic carbocycles. The maximum absolute atomic E-state index is 12.7. The van der Waals surface area contributed by atoms with Crippen LogP contribution in [0.2, 0.25) is 0 Å². The summed E-state index contributed by atoms with van der Waals surface area (Å²) in [5, 5.41) is 3.22. The van der Waals surface area contributed by atoms with Gasteiger partial charge in [0, 0.05) is 44.4 Å². The first-order valence-electron chi connectivity index (χ1n) is 17.8. The molecule has 1 aromatic carbocycles. The number of nitrogens with one attached hydrogen (secondary N) is 1. The van der Waals surface area contributed by atoms with Crippen molar-refractivity contribution >= 4 is 11.7 Å². The number of amides is 1. The number of nitrogens with zero attached hydrogens (tertiary/aromatic N) is 1. The second kappa shape index (κ2) is 11.8. The van der Waals surface area contributed by atoms with Crippen molar-refractivity contribution in [2.75, 3.05) is 19.6 Å². The standard InChI is InChI=1S/C39H54N2O3/c1-25-20-35-37(41(24-25)19-18-40-36(43)13-10-28-8-6-5-7-9-28)27(3)39(44-35)17-15-31-32-12-11-29-21-30(42)14-16-38(29,4)34(32)22-33(31)26(2)23-39/h5-9,21,25,27,31-32,34-35,37H,10-20,22-24H2,1-4H3,(H,40,43). The third-order valence-electron chi connectivity index (χ3n) is 13.4. The zero-order chi connectivity index (χ0) is 30.6. The molecule has 0 radical (unpaired) electrons. The highest BCUT2D eigenvalue weighted by molar-refractivity contribution is 5.91. The molecule has 5 nitrogen and oxygen atoms in total. The van der Waals surface area contributed by atoms with Gasteiger partial charge in [0.25, 0.3) is 0 Å². The van der Waals surface area contributed by atoms with Crippen molar-refractivity contribution < 1.29 is 14.3 Å². The molecule has 0 bridgehead atoms. The van der Waals surface area contributed by atoms with Crippen LogP contribution in [0.15, 0.2) is 53.1 Å². The van der Waals surface area contributed by atoms with Gasteiger partial charge in [0.15, 0.2) is 5.78 Å². The van der Waals surface area contributed by atoms with Crippen LogP contribution in [-0.4, -0.2) is 54.0 Å². The lowest BCUT2D eigenvalue weighted by Gasteiger charge is -2.48. The number of fused-ring (bicyclic) bond motifs is 6. The van der Waals surface area contributed by atoms with E-state index in [2.05, 4.69) is 50.0 Å². The molecule has 2 saturated heterocycles. The summed E-state index contributed by atoms with van der Waals surface area (Å²) in [5.41, 5.74) is 6.18. The second-order valence-electron chi connectivity index (χ2n) is 15.9. The number of benzene rings is 1. The largest absolute Gasteiger partial charge is 0.369 e. The van der Waals surface area contributed by atoms with Gasteiger partial charge in [-0.15, -0.1) is 0 Å². The SMILES string of the molecule is CC1=C2CC3C(CCC4=CC(=O)CCC43C)C2CCC2(C1)OC1CC(C)CN(CCNC(=O)CCc3ccccc3)C1C2C. The molecule has 2 aliphatic heterocycles. The predicted molar refractivity (Wildman–Crippen MR) is 175 cm³/mol. The highest BCUT2D eigenvalue weighted by Gasteiger charge is 2.59. The molecule has 1 aromatic rings. The van der Waals surface area contributed by atoms with Gasteiger partial charge in [-0.1, -0.05) is 67.8 Å². The lowest BCUT2D eigenvalue weighted by atomic mass is 9.56. The van der Waals surface area contributed by atoms with E-state index in [0.717, 1.165) is 64.0 Å². The number of rotatable bonds is 6. The van der Waals surface area contributed by atoms with Gasteiger partial charge in [0.05, 0.1) is 11.7 Å². The third kappa shape index (κ3) is 5.34. The number of ketones is 1. The Morgan fingerprint density at radius 1 is 1.11 bits per heavy atom. The van der Waals surface area contributed by atoms with Crippen LogP contribution in [0, 0.1) is 35.0 Å². The van der Waals surface area contributed by atoms with Crippen molar-refractivity contribution in [3.05, 3.63) is 58.7 Å². The number of likely N-dealkylation sites (tertiary alicyclic amines) is 1. The van der Waals surface area contributed by atoms with E-state index in [1.807, 2.05) is 24.3 Å². The monoisotopic (exact) mass is 598 g/mol. The van der Waals surface area contributed by atoms with E-state index in [9.17, 15) is 9.59 Å². The molecular weight excluding hydrogens is 544 g/mol. The van der Waals surface area contributed by atoms with Crippen LogP contribution in [0.25, 0.3) is 0 Å². The average Bonchev–Trinajstić information content (AvgIpc) is 3.47. The normalized spacial score (nSPS) is 40.1. The Morgan fingerprint density at radius 3 is 2.75 bits per heavy atom. The average molecular weight is 599 g/mol. The highest BCUT2D eigenvalue weighted by atomic mass is 16.5. The number of carbonyl (C=O) groups excluding carboxylic acids is 2. The fourth-order valence-corrected chi connectivity index (χ4v) is 11.1. The molecule has 1 spiro atoms. The first kappa shape index (κ1) is 30.4. The molecule has 1 amide bonds. The molecule has 9 atom stereocenters. The molecule has 6 aliphatic rings. The molecule has 4 fully saturated rings. The molecule has 0 aromatic heterocycles. The number of carbonyl (C=O) groups is 2. The van der Waals surface area contributed by atoms with E-state index in [-0.39, 0.29) is 23.0 Å². The Labute approximate surface area is 265 Å². The van der Waals surface area contributed by atoms with Crippen LogP contribution in [0.1, 0.15) is 97.5 Å². The van der Waals surface area contributed by atoms with Gasteiger partial charge in [-0.05, 0) is 105 Å².